The monoisotopic (exact) mass is 94.0 g/mol. The molecule has 0 aliphatic carbocycles. The van der Waals surface area contributed by atoms with Gasteiger partial charge in [-0.2, -0.15) is 0 Å². The summed E-state index contributed by atoms with van der Waals surface area (Å²) >= 11 is 5.14. The van der Waals surface area contributed by atoms with E-state index in [9.17, 15) is 0 Å². The summed E-state index contributed by atoms with van der Waals surface area (Å²) in [6, 6.07) is 0.389. The molecule has 0 spiro atoms. The molecule has 0 radical (unpaired) electrons. The molecule has 0 aromatic carbocycles. The Kier molecular flexibility index (Phi) is 2.55. The van der Waals surface area contributed by atoms with Gasteiger partial charge in [0.1, 0.15) is 0 Å². The fourth-order valence-corrected chi connectivity index (χ4v) is 0. The van der Waals surface area contributed by atoms with Crippen molar-refractivity contribution in [2.24, 2.45) is 5.84 Å². The van der Waals surface area contributed by atoms with Crippen molar-refractivity contribution in [1.82, 2.24) is 5.01 Å². The molecular weight excluding hydrogens is 87.5 g/mol. The van der Waals surface area contributed by atoms with Gasteiger partial charge in [0.2, 0.25) is 0 Å². The first kappa shape index (κ1) is 5.21. The zero-order valence-electron chi connectivity index (χ0n) is 3.11. The molecule has 5 heavy (non-hydrogen) atoms. The van der Waals surface area contributed by atoms with E-state index >= 15 is 0 Å². The molecule has 0 amide bonds. The second kappa shape index (κ2) is 2.45. The lowest BCUT2D eigenvalue weighted by Gasteiger charge is -1.98. The van der Waals surface area contributed by atoms with Gasteiger partial charge in [0.15, 0.2) is 0 Å². The lowest BCUT2D eigenvalue weighted by Crippen LogP contribution is -2.23. The van der Waals surface area contributed by atoms with Crippen molar-refractivity contribution < 1.29 is 0 Å². The summed E-state index contributed by atoms with van der Waals surface area (Å²) in [6.45, 7) is 0. The first-order chi connectivity index (χ1) is 2.27. The van der Waals surface area contributed by atoms with Crippen LogP contribution in [-0.2, 0) is 0 Å². The quantitative estimate of drug-likeness (QED) is 0.214. The van der Waals surface area contributed by atoms with Crippen molar-refractivity contribution in [1.29, 1.82) is 0 Å². The van der Waals surface area contributed by atoms with Crippen molar-refractivity contribution in [3.8, 4) is 0 Å². The van der Waals surface area contributed by atoms with E-state index in [0.29, 0.717) is 6.00 Å². The molecule has 0 unspecified atom stereocenters. The van der Waals surface area contributed by atoms with Crippen LogP contribution < -0.4 is 5.84 Å². The lowest BCUT2D eigenvalue weighted by molar-refractivity contribution is 0.410. The third-order valence-electron chi connectivity index (χ3n) is 0.189. The minimum Gasteiger partial charge on any atom is -0.268 e. The molecule has 32 valence electrons. The number of hydrogen-bond donors (Lipinski definition) is 1. The van der Waals surface area contributed by atoms with E-state index in [2.05, 4.69) is 0 Å². The molecule has 0 heterocycles. The fraction of sp³-hybridized carbons (Fsp3) is 1.00. The topological polar surface area (TPSA) is 29.3 Å². The van der Waals surface area contributed by atoms with Gasteiger partial charge in [0.25, 0.3) is 0 Å². The van der Waals surface area contributed by atoms with Crippen LogP contribution in [0.5, 0.6) is 0 Å². The van der Waals surface area contributed by atoms with Gasteiger partial charge in [-0.25, -0.2) is 5.01 Å². The number of hydrogen-bond acceptors (Lipinski definition) is 2. The van der Waals surface area contributed by atoms with E-state index in [4.69, 9.17) is 17.4 Å². The Morgan fingerprint density at radius 3 is 2.20 bits per heavy atom. The molecule has 2 nitrogen and oxygen atoms in total. The predicted molar refractivity (Wildman–Crippen MR) is 22.7 cm³/mol. The Hall–Kier alpha value is 0.210. The molecule has 0 aromatic rings. The van der Waals surface area contributed by atoms with Crippen LogP contribution in [0.4, 0.5) is 0 Å². The number of rotatable bonds is 1. The Morgan fingerprint density at radius 1 is 2.00 bits per heavy atom. The van der Waals surface area contributed by atoms with Crippen molar-refractivity contribution in [3.63, 3.8) is 0 Å². The molecule has 3 heteroatoms. The number of nitrogens with zero attached hydrogens (tertiary/aromatic N) is 1. The Labute approximate surface area is 36.5 Å². The van der Waals surface area contributed by atoms with Gasteiger partial charge >= 0.3 is 0 Å². The van der Waals surface area contributed by atoms with Gasteiger partial charge in [-0.3, -0.25) is 5.84 Å². The van der Waals surface area contributed by atoms with Crippen LogP contribution in [0.2, 0.25) is 0 Å². The van der Waals surface area contributed by atoms with Crippen LogP contribution >= 0.6 is 11.6 Å². The van der Waals surface area contributed by atoms with Gasteiger partial charge in [-0.1, -0.05) is 0 Å². The summed E-state index contributed by atoms with van der Waals surface area (Å²) in [7, 11) is 1.70. The van der Waals surface area contributed by atoms with Crippen LogP contribution in [0, 0.1) is 0 Å². The van der Waals surface area contributed by atoms with Crippen molar-refractivity contribution in [3.05, 3.63) is 0 Å². The summed E-state index contributed by atoms with van der Waals surface area (Å²) in [5.41, 5.74) is 0. The van der Waals surface area contributed by atoms with Crippen molar-refractivity contribution in [2.45, 2.75) is 0 Å². The average molecular weight is 94.5 g/mol. The molecule has 0 aliphatic heterocycles. The SMILES string of the molecule is CN(N)CCl. The molecule has 0 fully saturated rings. The molecule has 0 saturated carbocycles. The first-order valence-electron chi connectivity index (χ1n) is 1.29. The third kappa shape index (κ3) is 4.21. The van der Waals surface area contributed by atoms with Crippen molar-refractivity contribution in [2.75, 3.05) is 13.1 Å². The normalized spacial score (nSPS) is 9.60. The minimum atomic E-state index is 0.389. The molecule has 0 rings (SSSR count). The summed E-state index contributed by atoms with van der Waals surface area (Å²) < 4.78 is 0. The predicted octanol–water partition coefficient (Wildman–Crippen LogP) is -0.0118. The Bertz CT molecular complexity index is 21.6. The molecule has 0 bridgehead atoms. The van der Waals surface area contributed by atoms with Gasteiger partial charge in [0.05, 0.1) is 6.00 Å². The van der Waals surface area contributed by atoms with Crippen LogP contribution in [0.3, 0.4) is 0 Å². The van der Waals surface area contributed by atoms with E-state index in [1.807, 2.05) is 0 Å². The maximum atomic E-state index is 5.14. The fourth-order valence-electron chi connectivity index (χ4n) is 0. The number of halogens is 1. The van der Waals surface area contributed by atoms with Crippen LogP contribution in [0.15, 0.2) is 0 Å². The standard InChI is InChI=1S/C2H7ClN2/c1-5(4)2-3/h2,4H2,1H3. The summed E-state index contributed by atoms with van der Waals surface area (Å²) in [5.74, 6) is 4.99. The van der Waals surface area contributed by atoms with Crippen LogP contribution in [0.25, 0.3) is 0 Å². The van der Waals surface area contributed by atoms with Crippen LogP contribution in [0.1, 0.15) is 0 Å². The number of alkyl halides is 1. The lowest BCUT2D eigenvalue weighted by atomic mass is 11.2. The van der Waals surface area contributed by atoms with Crippen molar-refractivity contribution >= 4 is 11.6 Å². The Morgan fingerprint density at radius 2 is 2.20 bits per heavy atom. The van der Waals surface area contributed by atoms with Gasteiger partial charge in [-0.15, -0.1) is 11.6 Å². The third-order valence-corrected chi connectivity index (χ3v) is 0.566. The highest BCUT2D eigenvalue weighted by Gasteiger charge is 1.74. The zero-order valence-corrected chi connectivity index (χ0v) is 3.87. The Balaban J connectivity index is 2.54. The van der Waals surface area contributed by atoms with Gasteiger partial charge < -0.3 is 0 Å². The van der Waals surface area contributed by atoms with E-state index in [1.165, 1.54) is 5.01 Å². The van der Waals surface area contributed by atoms with Gasteiger partial charge in [0, 0.05) is 7.05 Å². The van der Waals surface area contributed by atoms with E-state index in [0.717, 1.165) is 0 Å². The molecule has 0 aromatic heterocycles. The molecule has 0 aliphatic rings. The summed E-state index contributed by atoms with van der Waals surface area (Å²) in [4.78, 5) is 0. The molecule has 2 N–H and O–H groups in total. The van der Waals surface area contributed by atoms with Crippen LogP contribution in [-0.4, -0.2) is 18.1 Å². The first-order valence-corrected chi connectivity index (χ1v) is 1.82. The largest absolute Gasteiger partial charge is 0.268 e. The van der Waals surface area contributed by atoms with E-state index in [-0.39, 0.29) is 0 Å². The highest BCUT2D eigenvalue weighted by molar-refractivity contribution is 6.17. The van der Waals surface area contributed by atoms with Gasteiger partial charge in [-0.05, 0) is 0 Å². The second-order valence-corrected chi connectivity index (χ2v) is 1.12. The van der Waals surface area contributed by atoms with E-state index < -0.39 is 0 Å². The highest BCUT2D eigenvalue weighted by Crippen LogP contribution is 1.69. The average Bonchev–Trinajstić information content (AvgIpc) is 1.38. The maximum Gasteiger partial charge on any atom is 0.0869 e. The van der Waals surface area contributed by atoms with E-state index in [1.54, 1.807) is 7.05 Å². The minimum absolute atomic E-state index is 0.389. The zero-order chi connectivity index (χ0) is 4.28. The molecule has 0 saturated heterocycles. The number of hydrazine groups is 1. The smallest absolute Gasteiger partial charge is 0.0869 e. The maximum absolute atomic E-state index is 5.14. The molecular formula is C2H7ClN2. The summed E-state index contributed by atoms with van der Waals surface area (Å²) in [5, 5.41) is 1.39. The highest BCUT2D eigenvalue weighted by atomic mass is 35.5. The number of nitrogens with two attached hydrogens (primary N) is 1. The molecule has 0 atom stereocenters. The summed E-state index contributed by atoms with van der Waals surface area (Å²) in [6.07, 6.45) is 0. The second-order valence-electron chi connectivity index (χ2n) is 0.877.